The molecule has 0 aliphatic rings. The molecule has 0 aliphatic heterocycles. The monoisotopic (exact) mass is 405 g/mol. The number of aryl methyl sites for hydroxylation is 3. The number of H-pyrrole nitrogens is 1. The molecule has 0 spiro atoms. The van der Waals surface area contributed by atoms with E-state index < -0.39 is 11.7 Å². The Bertz CT molecular complexity index is 1320. The van der Waals surface area contributed by atoms with Gasteiger partial charge in [0.25, 0.3) is 11.5 Å². The highest BCUT2D eigenvalue weighted by atomic mass is 19.1. The second-order valence-corrected chi connectivity index (χ2v) is 7.16. The molecule has 0 unspecified atom stereocenters. The third-order valence-electron chi connectivity index (χ3n) is 4.71. The summed E-state index contributed by atoms with van der Waals surface area (Å²) in [7, 11) is 0. The van der Waals surface area contributed by atoms with Gasteiger partial charge in [-0.25, -0.2) is 9.37 Å². The molecule has 0 bridgehead atoms. The van der Waals surface area contributed by atoms with Gasteiger partial charge in [0, 0.05) is 23.1 Å². The van der Waals surface area contributed by atoms with Gasteiger partial charge in [-0.3, -0.25) is 14.7 Å². The minimum Gasteiger partial charge on any atom is -0.340 e. The van der Waals surface area contributed by atoms with Crippen LogP contribution in [0.4, 0.5) is 21.6 Å². The van der Waals surface area contributed by atoms with Crippen LogP contribution in [-0.2, 0) is 0 Å². The predicted molar refractivity (Wildman–Crippen MR) is 114 cm³/mol. The normalized spacial score (nSPS) is 10.9. The number of nitrogens with zero attached hydrogens (tertiary/aromatic N) is 2. The Hall–Kier alpha value is -3.94. The van der Waals surface area contributed by atoms with E-state index in [0.29, 0.717) is 17.2 Å². The number of nitrogens with one attached hydrogen (secondary N) is 3. The lowest BCUT2D eigenvalue weighted by Gasteiger charge is -2.11. The van der Waals surface area contributed by atoms with E-state index in [2.05, 4.69) is 20.7 Å². The van der Waals surface area contributed by atoms with Crippen molar-refractivity contribution in [1.29, 1.82) is 0 Å². The minimum absolute atomic E-state index is 0.181. The number of fused-ring (bicyclic) bond motifs is 1. The second kappa shape index (κ2) is 7.47. The summed E-state index contributed by atoms with van der Waals surface area (Å²) in [6.07, 6.45) is 0. The molecule has 2 aromatic carbocycles. The van der Waals surface area contributed by atoms with Crippen LogP contribution in [0.15, 0.2) is 53.3 Å². The standard InChI is InChI=1S/C22H20FN5O2/c1-12-4-9-17(13(2)10-12)26-20-19(21-24-14(3)11-18(29)28(21)27-20)22(30)25-16-7-5-15(23)6-8-16/h4-11,26-27H,1-3H3,(H,25,30). The fourth-order valence-electron chi connectivity index (χ4n) is 3.27. The van der Waals surface area contributed by atoms with Gasteiger partial charge in [-0.2, -0.15) is 4.52 Å². The molecule has 2 aromatic heterocycles. The topological polar surface area (TPSA) is 91.3 Å². The van der Waals surface area contributed by atoms with Gasteiger partial charge in [-0.05, 0) is 56.7 Å². The summed E-state index contributed by atoms with van der Waals surface area (Å²) < 4.78 is 14.4. The largest absolute Gasteiger partial charge is 0.340 e. The number of benzene rings is 2. The maximum atomic E-state index is 13.2. The van der Waals surface area contributed by atoms with Crippen LogP contribution in [0.2, 0.25) is 0 Å². The van der Waals surface area contributed by atoms with Crippen molar-refractivity contribution in [3.05, 3.63) is 87.1 Å². The summed E-state index contributed by atoms with van der Waals surface area (Å²) in [6, 6.07) is 12.7. The average molecular weight is 405 g/mol. The molecule has 0 fully saturated rings. The fraction of sp³-hybridized carbons (Fsp3) is 0.136. The average Bonchev–Trinajstić information content (AvgIpc) is 3.04. The van der Waals surface area contributed by atoms with Crippen LogP contribution in [0, 0.1) is 26.6 Å². The Morgan fingerprint density at radius 1 is 1.07 bits per heavy atom. The summed E-state index contributed by atoms with van der Waals surface area (Å²) in [6.45, 7) is 5.63. The van der Waals surface area contributed by atoms with E-state index in [1.54, 1.807) is 6.92 Å². The van der Waals surface area contributed by atoms with Gasteiger partial charge in [-0.15, -0.1) is 0 Å². The molecule has 0 aliphatic carbocycles. The molecule has 152 valence electrons. The highest BCUT2D eigenvalue weighted by molar-refractivity contribution is 6.12. The van der Waals surface area contributed by atoms with Crippen molar-refractivity contribution in [3.8, 4) is 0 Å². The fourth-order valence-corrected chi connectivity index (χ4v) is 3.27. The summed E-state index contributed by atoms with van der Waals surface area (Å²) in [5.41, 5.74) is 3.84. The summed E-state index contributed by atoms with van der Waals surface area (Å²) in [5.74, 6) is -0.553. The first kappa shape index (κ1) is 19.4. The van der Waals surface area contributed by atoms with E-state index >= 15 is 0 Å². The zero-order chi connectivity index (χ0) is 21.4. The number of amides is 1. The molecular formula is C22H20FN5O2. The molecule has 0 atom stereocenters. The lowest BCUT2D eigenvalue weighted by atomic mass is 10.1. The number of aromatic nitrogens is 3. The van der Waals surface area contributed by atoms with Gasteiger partial charge in [0.15, 0.2) is 5.65 Å². The summed E-state index contributed by atoms with van der Waals surface area (Å²) >= 11 is 0. The Morgan fingerprint density at radius 2 is 1.80 bits per heavy atom. The summed E-state index contributed by atoms with van der Waals surface area (Å²) in [4.78, 5) is 29.9. The van der Waals surface area contributed by atoms with Gasteiger partial charge < -0.3 is 10.6 Å². The van der Waals surface area contributed by atoms with Crippen LogP contribution >= 0.6 is 0 Å². The first-order chi connectivity index (χ1) is 14.3. The van der Waals surface area contributed by atoms with Gasteiger partial charge >= 0.3 is 0 Å². The molecule has 4 aromatic rings. The van der Waals surface area contributed by atoms with Crippen LogP contribution in [0.5, 0.6) is 0 Å². The predicted octanol–water partition coefficient (Wildman–Crippen LogP) is 4.08. The third kappa shape index (κ3) is 3.67. The van der Waals surface area contributed by atoms with E-state index in [4.69, 9.17) is 0 Å². The number of carbonyl (C=O) groups is 1. The minimum atomic E-state index is -0.481. The third-order valence-corrected chi connectivity index (χ3v) is 4.71. The molecule has 3 N–H and O–H groups in total. The number of anilines is 3. The van der Waals surface area contributed by atoms with Crippen LogP contribution in [-0.4, -0.2) is 20.5 Å². The van der Waals surface area contributed by atoms with E-state index in [1.165, 1.54) is 34.8 Å². The SMILES string of the molecule is Cc1ccc(Nc2[nH]n3c(=O)cc(C)nc3c2C(=O)Nc2ccc(F)cc2)c(C)c1. The van der Waals surface area contributed by atoms with Crippen LogP contribution in [0.1, 0.15) is 27.2 Å². The number of carbonyl (C=O) groups excluding carboxylic acids is 1. The first-order valence-corrected chi connectivity index (χ1v) is 9.35. The summed E-state index contributed by atoms with van der Waals surface area (Å²) in [5, 5.41) is 8.87. The molecule has 8 heteroatoms. The van der Waals surface area contributed by atoms with Crippen LogP contribution in [0.3, 0.4) is 0 Å². The zero-order valence-corrected chi connectivity index (χ0v) is 16.7. The smallest absolute Gasteiger partial charge is 0.272 e. The maximum absolute atomic E-state index is 13.2. The van der Waals surface area contributed by atoms with Gasteiger partial charge in [0.2, 0.25) is 0 Å². The van der Waals surface area contributed by atoms with Gasteiger partial charge in [0.1, 0.15) is 17.2 Å². The van der Waals surface area contributed by atoms with Crippen LogP contribution in [0.25, 0.3) is 5.65 Å². The molecule has 0 radical (unpaired) electrons. The lowest BCUT2D eigenvalue weighted by molar-refractivity contribution is 0.102. The molecule has 7 nitrogen and oxygen atoms in total. The molecular weight excluding hydrogens is 385 g/mol. The van der Waals surface area contributed by atoms with Crippen molar-refractivity contribution in [1.82, 2.24) is 14.6 Å². The lowest BCUT2D eigenvalue weighted by Crippen LogP contribution is -2.17. The first-order valence-electron chi connectivity index (χ1n) is 9.35. The second-order valence-electron chi connectivity index (χ2n) is 7.16. The number of rotatable bonds is 4. The number of aromatic amines is 1. The van der Waals surface area contributed by atoms with Gasteiger partial charge in [-0.1, -0.05) is 17.7 Å². The number of halogens is 1. The Morgan fingerprint density at radius 3 is 2.50 bits per heavy atom. The quantitative estimate of drug-likeness (QED) is 0.477. The molecule has 4 rings (SSSR count). The maximum Gasteiger partial charge on any atom is 0.272 e. The molecule has 2 heterocycles. The van der Waals surface area contributed by atoms with Crippen molar-refractivity contribution < 1.29 is 9.18 Å². The molecule has 0 saturated carbocycles. The van der Waals surface area contributed by atoms with Crippen molar-refractivity contribution >= 4 is 28.7 Å². The molecule has 30 heavy (non-hydrogen) atoms. The van der Waals surface area contributed by atoms with Crippen molar-refractivity contribution in [3.63, 3.8) is 0 Å². The Labute approximate surface area is 171 Å². The number of hydrogen-bond donors (Lipinski definition) is 3. The van der Waals surface area contributed by atoms with E-state index in [1.807, 2.05) is 32.0 Å². The van der Waals surface area contributed by atoms with Crippen LogP contribution < -0.4 is 16.2 Å². The van der Waals surface area contributed by atoms with E-state index in [-0.39, 0.29) is 16.8 Å². The highest BCUT2D eigenvalue weighted by Crippen LogP contribution is 2.26. The van der Waals surface area contributed by atoms with Crippen molar-refractivity contribution in [2.45, 2.75) is 20.8 Å². The Balaban J connectivity index is 1.82. The van der Waals surface area contributed by atoms with Crippen molar-refractivity contribution in [2.24, 2.45) is 0 Å². The van der Waals surface area contributed by atoms with E-state index in [9.17, 15) is 14.0 Å². The molecule has 0 saturated heterocycles. The van der Waals surface area contributed by atoms with Crippen molar-refractivity contribution in [2.75, 3.05) is 10.6 Å². The molecule has 1 amide bonds. The number of hydrogen-bond acceptors (Lipinski definition) is 4. The zero-order valence-electron chi connectivity index (χ0n) is 16.7. The van der Waals surface area contributed by atoms with Gasteiger partial charge in [0.05, 0.1) is 0 Å². The van der Waals surface area contributed by atoms with E-state index in [0.717, 1.165) is 16.8 Å². The highest BCUT2D eigenvalue weighted by Gasteiger charge is 2.22. The Kier molecular flexibility index (Phi) is 4.83.